The lowest BCUT2D eigenvalue weighted by Crippen LogP contribution is -2.24. The Kier molecular flexibility index (Phi) is 3.28. The second-order valence-electron chi connectivity index (χ2n) is 4.66. The number of carbonyl (C=O) groups excluding carboxylic acids is 1. The van der Waals surface area contributed by atoms with Crippen molar-refractivity contribution in [3.05, 3.63) is 36.0 Å². The summed E-state index contributed by atoms with van der Waals surface area (Å²) in [5.41, 5.74) is 2.55. The summed E-state index contributed by atoms with van der Waals surface area (Å²) in [6.07, 6.45) is 9.68. The first-order valence-electron chi connectivity index (χ1n) is 5.88. The monoisotopic (exact) mass is 218 g/mol. The molecule has 1 unspecified atom stereocenters. The minimum atomic E-state index is -0.209. The van der Waals surface area contributed by atoms with Crippen molar-refractivity contribution in [2.45, 2.75) is 38.7 Å². The fourth-order valence-electron chi connectivity index (χ4n) is 2.34. The van der Waals surface area contributed by atoms with Crippen LogP contribution in [-0.4, -0.2) is 12.1 Å². The minimum absolute atomic E-state index is 0.0106. The maximum absolute atomic E-state index is 11.1. The van der Waals surface area contributed by atoms with Gasteiger partial charge in [-0.2, -0.15) is 0 Å². The van der Waals surface area contributed by atoms with Crippen LogP contribution >= 0.6 is 0 Å². The second kappa shape index (κ2) is 4.69. The number of hydrogen-bond acceptors (Lipinski definition) is 2. The molecule has 0 radical (unpaired) electrons. The van der Waals surface area contributed by atoms with Gasteiger partial charge in [-0.3, -0.25) is 0 Å². The van der Waals surface area contributed by atoms with Gasteiger partial charge >= 0.3 is 5.97 Å². The fourth-order valence-corrected chi connectivity index (χ4v) is 2.34. The summed E-state index contributed by atoms with van der Waals surface area (Å²) in [6.45, 7) is 6.09. The van der Waals surface area contributed by atoms with Crippen molar-refractivity contribution in [3.63, 3.8) is 0 Å². The summed E-state index contributed by atoms with van der Waals surface area (Å²) in [5.74, 6) is 0.401. The summed E-state index contributed by atoms with van der Waals surface area (Å²) < 4.78 is 5.31. The highest BCUT2D eigenvalue weighted by Gasteiger charge is 2.24. The van der Waals surface area contributed by atoms with Gasteiger partial charge in [-0.05, 0) is 37.7 Å². The first kappa shape index (κ1) is 11.2. The molecule has 2 nitrogen and oxygen atoms in total. The predicted molar refractivity (Wildman–Crippen MR) is 63.9 cm³/mol. The highest BCUT2D eigenvalue weighted by Crippen LogP contribution is 2.32. The first-order chi connectivity index (χ1) is 7.66. The lowest BCUT2D eigenvalue weighted by Gasteiger charge is -2.27. The Morgan fingerprint density at radius 3 is 2.88 bits per heavy atom. The van der Waals surface area contributed by atoms with E-state index >= 15 is 0 Å². The standard InChI is InChI=1S/C14H18O2/c1-10(2)11-6-8-12(9-7-11)13-4-3-5-14(15)16-13/h3,5,8,11,13H,1,4,6-7,9H2,2H3/t11-,13?/m1/s1. The molecule has 86 valence electrons. The zero-order valence-corrected chi connectivity index (χ0v) is 9.74. The van der Waals surface area contributed by atoms with Crippen LogP contribution in [0.3, 0.4) is 0 Å². The van der Waals surface area contributed by atoms with Crippen LogP contribution in [0.5, 0.6) is 0 Å². The normalized spacial score (nSPS) is 29.6. The molecule has 0 aromatic carbocycles. The molecule has 2 atom stereocenters. The molecule has 0 fully saturated rings. The van der Waals surface area contributed by atoms with E-state index in [1.807, 2.05) is 6.08 Å². The van der Waals surface area contributed by atoms with Gasteiger partial charge in [0.25, 0.3) is 0 Å². The van der Waals surface area contributed by atoms with Crippen molar-refractivity contribution < 1.29 is 9.53 Å². The van der Waals surface area contributed by atoms with Gasteiger partial charge in [0.05, 0.1) is 0 Å². The molecule has 2 rings (SSSR count). The Labute approximate surface area is 96.7 Å². The van der Waals surface area contributed by atoms with Crippen LogP contribution in [0.2, 0.25) is 0 Å². The van der Waals surface area contributed by atoms with Crippen LogP contribution in [0.25, 0.3) is 0 Å². The van der Waals surface area contributed by atoms with Crippen molar-refractivity contribution in [2.75, 3.05) is 0 Å². The van der Waals surface area contributed by atoms with Crippen molar-refractivity contribution in [1.29, 1.82) is 0 Å². The summed E-state index contributed by atoms with van der Waals surface area (Å²) in [7, 11) is 0. The number of cyclic esters (lactones) is 1. The van der Waals surface area contributed by atoms with Gasteiger partial charge in [0, 0.05) is 12.5 Å². The zero-order chi connectivity index (χ0) is 11.5. The van der Waals surface area contributed by atoms with Crippen molar-refractivity contribution in [3.8, 4) is 0 Å². The molecular formula is C14H18O2. The van der Waals surface area contributed by atoms with Gasteiger partial charge in [-0.25, -0.2) is 4.79 Å². The van der Waals surface area contributed by atoms with Crippen LogP contribution in [-0.2, 0) is 9.53 Å². The predicted octanol–water partition coefficient (Wildman–Crippen LogP) is 3.16. The van der Waals surface area contributed by atoms with Crippen LogP contribution in [0, 0.1) is 5.92 Å². The van der Waals surface area contributed by atoms with Crippen LogP contribution in [0.15, 0.2) is 36.0 Å². The van der Waals surface area contributed by atoms with E-state index < -0.39 is 0 Å². The van der Waals surface area contributed by atoms with Gasteiger partial charge < -0.3 is 4.74 Å². The number of carbonyl (C=O) groups is 1. The van der Waals surface area contributed by atoms with E-state index in [2.05, 4.69) is 19.6 Å². The summed E-state index contributed by atoms with van der Waals surface area (Å²) in [6, 6.07) is 0. The number of rotatable bonds is 2. The molecule has 0 N–H and O–H groups in total. The SMILES string of the molecule is C=C(C)[C@@H]1CC=C(C2CC=CC(=O)O2)CC1. The summed E-state index contributed by atoms with van der Waals surface area (Å²) >= 11 is 0. The van der Waals surface area contributed by atoms with Gasteiger partial charge in [-0.1, -0.05) is 24.3 Å². The largest absolute Gasteiger partial charge is 0.454 e. The second-order valence-corrected chi connectivity index (χ2v) is 4.66. The van der Waals surface area contributed by atoms with Crippen LogP contribution < -0.4 is 0 Å². The molecule has 0 saturated carbocycles. The molecule has 0 amide bonds. The maximum atomic E-state index is 11.1. The quantitative estimate of drug-likeness (QED) is 0.525. The van der Waals surface area contributed by atoms with Crippen LogP contribution in [0.1, 0.15) is 32.6 Å². The average molecular weight is 218 g/mol. The van der Waals surface area contributed by atoms with Gasteiger partial charge in [0.1, 0.15) is 6.10 Å². The third-order valence-corrected chi connectivity index (χ3v) is 3.42. The molecule has 0 aromatic rings. The molecule has 2 heteroatoms. The fraction of sp³-hybridized carbons (Fsp3) is 0.500. The molecule has 1 aliphatic heterocycles. The van der Waals surface area contributed by atoms with E-state index in [9.17, 15) is 4.79 Å². The average Bonchev–Trinajstić information content (AvgIpc) is 2.29. The highest BCUT2D eigenvalue weighted by molar-refractivity contribution is 5.83. The maximum Gasteiger partial charge on any atom is 0.331 e. The van der Waals surface area contributed by atoms with E-state index in [0.717, 1.165) is 25.7 Å². The van der Waals surface area contributed by atoms with Gasteiger partial charge in [-0.15, -0.1) is 0 Å². The topological polar surface area (TPSA) is 26.3 Å². The number of allylic oxidation sites excluding steroid dienone is 2. The van der Waals surface area contributed by atoms with Crippen LogP contribution in [0.4, 0.5) is 0 Å². The minimum Gasteiger partial charge on any atom is -0.454 e. The Morgan fingerprint density at radius 1 is 1.50 bits per heavy atom. The smallest absolute Gasteiger partial charge is 0.331 e. The summed E-state index contributed by atoms with van der Waals surface area (Å²) in [5, 5.41) is 0. The number of ether oxygens (including phenoxy) is 1. The Morgan fingerprint density at radius 2 is 2.31 bits per heavy atom. The molecule has 0 bridgehead atoms. The number of hydrogen-bond donors (Lipinski definition) is 0. The lowest BCUT2D eigenvalue weighted by atomic mass is 9.83. The molecule has 0 saturated heterocycles. The Balaban J connectivity index is 1.99. The molecule has 0 aromatic heterocycles. The lowest BCUT2D eigenvalue weighted by molar-refractivity contribution is -0.142. The molecular weight excluding hydrogens is 200 g/mol. The third-order valence-electron chi connectivity index (χ3n) is 3.42. The van der Waals surface area contributed by atoms with E-state index in [-0.39, 0.29) is 12.1 Å². The molecule has 1 heterocycles. The van der Waals surface area contributed by atoms with Crippen molar-refractivity contribution >= 4 is 5.97 Å². The highest BCUT2D eigenvalue weighted by atomic mass is 16.5. The Hall–Kier alpha value is -1.31. The molecule has 16 heavy (non-hydrogen) atoms. The van der Waals surface area contributed by atoms with Crippen molar-refractivity contribution in [2.24, 2.45) is 5.92 Å². The zero-order valence-electron chi connectivity index (χ0n) is 9.74. The van der Waals surface area contributed by atoms with E-state index in [0.29, 0.717) is 5.92 Å². The first-order valence-corrected chi connectivity index (χ1v) is 5.88. The van der Waals surface area contributed by atoms with E-state index in [1.165, 1.54) is 17.2 Å². The number of esters is 1. The Bertz CT molecular complexity index is 363. The van der Waals surface area contributed by atoms with E-state index in [4.69, 9.17) is 4.74 Å². The third kappa shape index (κ3) is 2.43. The van der Waals surface area contributed by atoms with Gasteiger partial charge in [0.15, 0.2) is 0 Å². The summed E-state index contributed by atoms with van der Waals surface area (Å²) in [4.78, 5) is 11.1. The molecule has 1 aliphatic carbocycles. The van der Waals surface area contributed by atoms with Gasteiger partial charge in [0.2, 0.25) is 0 Å². The molecule has 0 spiro atoms. The molecule has 2 aliphatic rings. The van der Waals surface area contributed by atoms with Crippen molar-refractivity contribution in [1.82, 2.24) is 0 Å². The van der Waals surface area contributed by atoms with E-state index in [1.54, 1.807) is 0 Å².